The van der Waals surface area contributed by atoms with Gasteiger partial charge >= 0.3 is 0 Å². The van der Waals surface area contributed by atoms with Gasteiger partial charge in [0.2, 0.25) is 5.88 Å². The second-order valence-electron chi connectivity index (χ2n) is 4.38. The van der Waals surface area contributed by atoms with Crippen molar-refractivity contribution in [3.8, 4) is 5.88 Å². The van der Waals surface area contributed by atoms with Crippen molar-refractivity contribution < 1.29 is 4.74 Å². The lowest BCUT2D eigenvalue weighted by Crippen LogP contribution is -2.29. The first-order chi connectivity index (χ1) is 8.34. The van der Waals surface area contributed by atoms with Crippen molar-refractivity contribution in [3.63, 3.8) is 0 Å². The van der Waals surface area contributed by atoms with Gasteiger partial charge in [0.15, 0.2) is 0 Å². The summed E-state index contributed by atoms with van der Waals surface area (Å²) < 4.78 is 5.52. The first-order valence-electron chi connectivity index (χ1n) is 6.15. The molecule has 0 amide bonds. The number of rotatable bonds is 5. The van der Waals surface area contributed by atoms with E-state index in [1.54, 1.807) is 6.07 Å². The Kier molecular flexibility index (Phi) is 5.01. The molecule has 4 nitrogen and oxygen atoms in total. The maximum absolute atomic E-state index is 5.74. The molecule has 1 fully saturated rings. The molecule has 0 aromatic carbocycles. The lowest BCUT2D eigenvalue weighted by molar-refractivity contribution is 0.268. The molecule has 1 atom stereocenters. The number of aromatic nitrogens is 2. The third-order valence-electron chi connectivity index (χ3n) is 3.01. The maximum atomic E-state index is 5.74. The van der Waals surface area contributed by atoms with Crippen molar-refractivity contribution in [1.29, 1.82) is 0 Å². The highest BCUT2D eigenvalue weighted by atomic mass is 35.5. The summed E-state index contributed by atoms with van der Waals surface area (Å²) in [6.07, 6.45) is 6.34. The van der Waals surface area contributed by atoms with Crippen LogP contribution in [0, 0.1) is 5.92 Å². The lowest BCUT2D eigenvalue weighted by Gasteiger charge is -2.22. The Labute approximate surface area is 107 Å². The Bertz CT molecular complexity index is 342. The highest BCUT2D eigenvalue weighted by Gasteiger charge is 2.12. The molecule has 0 saturated carbocycles. The zero-order valence-electron chi connectivity index (χ0n) is 9.86. The molecule has 1 saturated heterocycles. The number of nitrogens with one attached hydrogen (secondary N) is 1. The number of piperidine rings is 1. The van der Waals surface area contributed by atoms with Gasteiger partial charge in [-0.15, -0.1) is 0 Å². The molecule has 1 aromatic heterocycles. The van der Waals surface area contributed by atoms with Crippen molar-refractivity contribution in [2.45, 2.75) is 25.7 Å². The van der Waals surface area contributed by atoms with Gasteiger partial charge in [-0.05, 0) is 44.7 Å². The van der Waals surface area contributed by atoms with E-state index < -0.39 is 0 Å². The molecule has 1 aliphatic rings. The van der Waals surface area contributed by atoms with Crippen molar-refractivity contribution in [1.82, 2.24) is 15.3 Å². The molecular formula is C12H18ClN3O. The van der Waals surface area contributed by atoms with E-state index in [1.807, 2.05) is 0 Å². The van der Waals surface area contributed by atoms with Crippen molar-refractivity contribution >= 4 is 11.6 Å². The van der Waals surface area contributed by atoms with Gasteiger partial charge in [-0.1, -0.05) is 11.6 Å². The standard InChI is InChI=1S/C12H18ClN3O/c13-11-7-12(16-9-15-11)17-6-2-4-10-3-1-5-14-8-10/h7,9-10,14H,1-6,8H2. The van der Waals surface area contributed by atoms with Crippen molar-refractivity contribution in [2.24, 2.45) is 5.92 Å². The third kappa shape index (κ3) is 4.48. The summed E-state index contributed by atoms with van der Waals surface area (Å²) >= 11 is 5.74. The smallest absolute Gasteiger partial charge is 0.217 e. The molecule has 1 aromatic rings. The number of halogens is 1. The van der Waals surface area contributed by atoms with E-state index in [4.69, 9.17) is 16.3 Å². The molecule has 17 heavy (non-hydrogen) atoms. The van der Waals surface area contributed by atoms with Gasteiger partial charge in [0.25, 0.3) is 0 Å². The fourth-order valence-electron chi connectivity index (χ4n) is 2.12. The van der Waals surface area contributed by atoms with Crippen LogP contribution in [-0.2, 0) is 0 Å². The molecule has 0 spiro atoms. The van der Waals surface area contributed by atoms with Gasteiger partial charge in [-0.25, -0.2) is 9.97 Å². The van der Waals surface area contributed by atoms with Crippen LogP contribution in [-0.4, -0.2) is 29.7 Å². The summed E-state index contributed by atoms with van der Waals surface area (Å²) in [5.74, 6) is 1.37. The van der Waals surface area contributed by atoms with Gasteiger partial charge < -0.3 is 10.1 Å². The van der Waals surface area contributed by atoms with Crippen LogP contribution in [0.5, 0.6) is 5.88 Å². The summed E-state index contributed by atoms with van der Waals surface area (Å²) in [5, 5.41) is 3.84. The number of ether oxygens (including phenoxy) is 1. The van der Waals surface area contributed by atoms with E-state index >= 15 is 0 Å². The van der Waals surface area contributed by atoms with Crippen LogP contribution < -0.4 is 10.1 Å². The Balaban J connectivity index is 1.62. The third-order valence-corrected chi connectivity index (χ3v) is 3.22. The van der Waals surface area contributed by atoms with E-state index in [1.165, 1.54) is 32.1 Å². The Morgan fingerprint density at radius 3 is 3.18 bits per heavy atom. The summed E-state index contributed by atoms with van der Waals surface area (Å²) in [5.41, 5.74) is 0. The van der Waals surface area contributed by atoms with Crippen molar-refractivity contribution in [3.05, 3.63) is 17.5 Å². The largest absolute Gasteiger partial charge is 0.478 e. The van der Waals surface area contributed by atoms with E-state index in [-0.39, 0.29) is 0 Å². The predicted molar refractivity (Wildman–Crippen MR) is 67.4 cm³/mol. The SMILES string of the molecule is Clc1cc(OCCCC2CCCNC2)ncn1. The average molecular weight is 256 g/mol. The van der Waals surface area contributed by atoms with Crippen LogP contribution in [0.2, 0.25) is 5.15 Å². The van der Waals surface area contributed by atoms with Gasteiger partial charge in [0.05, 0.1) is 6.61 Å². The summed E-state index contributed by atoms with van der Waals surface area (Å²) in [6, 6.07) is 1.64. The molecule has 0 aliphatic carbocycles. The average Bonchev–Trinajstić information content (AvgIpc) is 2.36. The van der Waals surface area contributed by atoms with Crippen LogP contribution in [0.25, 0.3) is 0 Å². The second-order valence-corrected chi connectivity index (χ2v) is 4.77. The monoisotopic (exact) mass is 255 g/mol. The number of nitrogens with zero attached hydrogens (tertiary/aromatic N) is 2. The zero-order valence-corrected chi connectivity index (χ0v) is 10.6. The number of hydrogen-bond donors (Lipinski definition) is 1. The van der Waals surface area contributed by atoms with E-state index in [0.29, 0.717) is 17.6 Å². The number of hydrogen-bond acceptors (Lipinski definition) is 4. The van der Waals surface area contributed by atoms with Gasteiger partial charge in [-0.2, -0.15) is 0 Å². The van der Waals surface area contributed by atoms with Crippen LogP contribution >= 0.6 is 11.6 Å². The Morgan fingerprint density at radius 1 is 1.47 bits per heavy atom. The van der Waals surface area contributed by atoms with Gasteiger partial charge in [0, 0.05) is 6.07 Å². The quantitative estimate of drug-likeness (QED) is 0.648. The molecule has 5 heteroatoms. The minimum Gasteiger partial charge on any atom is -0.478 e. The molecule has 94 valence electrons. The van der Waals surface area contributed by atoms with Crippen LogP contribution in [0.4, 0.5) is 0 Å². The first-order valence-corrected chi connectivity index (χ1v) is 6.53. The van der Waals surface area contributed by atoms with Crippen LogP contribution in [0.3, 0.4) is 0 Å². The molecule has 1 N–H and O–H groups in total. The summed E-state index contributed by atoms with van der Waals surface area (Å²) in [7, 11) is 0. The summed E-state index contributed by atoms with van der Waals surface area (Å²) in [4.78, 5) is 7.80. The zero-order chi connectivity index (χ0) is 11.9. The highest BCUT2D eigenvalue weighted by Crippen LogP contribution is 2.16. The van der Waals surface area contributed by atoms with Crippen molar-refractivity contribution in [2.75, 3.05) is 19.7 Å². The van der Waals surface area contributed by atoms with E-state index in [2.05, 4.69) is 15.3 Å². The highest BCUT2D eigenvalue weighted by molar-refractivity contribution is 6.29. The molecule has 2 rings (SSSR count). The van der Waals surface area contributed by atoms with Crippen LogP contribution in [0.15, 0.2) is 12.4 Å². The topological polar surface area (TPSA) is 47.0 Å². The van der Waals surface area contributed by atoms with E-state index in [0.717, 1.165) is 18.9 Å². The predicted octanol–water partition coefficient (Wildman–Crippen LogP) is 2.29. The Morgan fingerprint density at radius 2 is 2.41 bits per heavy atom. The normalized spacial score (nSPS) is 20.2. The fraction of sp³-hybridized carbons (Fsp3) is 0.667. The summed E-state index contributed by atoms with van der Waals surface area (Å²) in [6.45, 7) is 3.02. The minimum atomic E-state index is 0.423. The first kappa shape index (κ1) is 12.6. The molecule has 0 bridgehead atoms. The van der Waals surface area contributed by atoms with Gasteiger partial charge in [0.1, 0.15) is 11.5 Å². The lowest BCUT2D eigenvalue weighted by atomic mass is 9.95. The maximum Gasteiger partial charge on any atom is 0.217 e. The molecule has 2 heterocycles. The molecule has 1 unspecified atom stereocenters. The minimum absolute atomic E-state index is 0.423. The van der Waals surface area contributed by atoms with E-state index in [9.17, 15) is 0 Å². The van der Waals surface area contributed by atoms with Gasteiger partial charge in [-0.3, -0.25) is 0 Å². The van der Waals surface area contributed by atoms with Crippen LogP contribution in [0.1, 0.15) is 25.7 Å². The molecular weight excluding hydrogens is 238 g/mol. The molecule has 1 aliphatic heterocycles. The molecule has 0 radical (unpaired) electrons. The fourth-order valence-corrected chi connectivity index (χ4v) is 2.25. The second kappa shape index (κ2) is 6.77. The Hall–Kier alpha value is -0.870.